The molecule has 1 aromatic rings. The molecule has 62 valence electrons. The first-order valence-corrected chi connectivity index (χ1v) is 3.88. The van der Waals surface area contributed by atoms with E-state index in [1.165, 1.54) is 0 Å². The monoisotopic (exact) mass is 168 g/mol. The Kier molecular flexibility index (Phi) is 2.84. The molecular weight excluding hydrogens is 160 g/mol. The van der Waals surface area contributed by atoms with Crippen molar-refractivity contribution in [3.63, 3.8) is 0 Å². The topological polar surface area (TPSA) is 47.6 Å². The first-order valence-electron chi connectivity index (χ1n) is 3.88. The van der Waals surface area contributed by atoms with Crippen molar-refractivity contribution in [2.75, 3.05) is 0 Å². The van der Waals surface area contributed by atoms with Gasteiger partial charge in [-0.25, -0.2) is 0 Å². The van der Waals surface area contributed by atoms with Crippen LogP contribution in [0.5, 0.6) is 0 Å². The number of allylic oxidation sites excluding steroid dienone is 1. The van der Waals surface area contributed by atoms with Crippen LogP contribution in [0, 0.1) is 22.7 Å². The van der Waals surface area contributed by atoms with Crippen LogP contribution in [0.4, 0.5) is 0 Å². The largest absolute Gasteiger partial charge is 0.192 e. The molecule has 1 aromatic carbocycles. The fourth-order valence-electron chi connectivity index (χ4n) is 1.05. The van der Waals surface area contributed by atoms with Gasteiger partial charge in [-0.2, -0.15) is 10.5 Å². The molecule has 0 N–H and O–H groups in total. The molecule has 2 heteroatoms. The lowest BCUT2D eigenvalue weighted by Gasteiger charge is -1.95. The highest BCUT2D eigenvalue weighted by atomic mass is 14.3. The van der Waals surface area contributed by atoms with Crippen LogP contribution < -0.4 is 0 Å². The lowest BCUT2D eigenvalue weighted by Crippen LogP contribution is -1.84. The molecule has 0 atom stereocenters. The van der Waals surface area contributed by atoms with E-state index in [2.05, 4.69) is 0 Å². The molecule has 0 bridgehead atoms. The number of nitriles is 2. The first kappa shape index (κ1) is 9.03. The Morgan fingerprint density at radius 1 is 1.15 bits per heavy atom. The van der Waals surface area contributed by atoms with Crippen molar-refractivity contribution in [3.8, 4) is 12.1 Å². The van der Waals surface area contributed by atoms with E-state index in [4.69, 9.17) is 10.5 Å². The van der Waals surface area contributed by atoms with Gasteiger partial charge in [-0.15, -0.1) is 0 Å². The predicted octanol–water partition coefficient (Wildman–Crippen LogP) is 2.46. The van der Waals surface area contributed by atoms with Crippen LogP contribution in [0.3, 0.4) is 0 Å². The number of hydrogen-bond acceptors (Lipinski definition) is 2. The van der Waals surface area contributed by atoms with Gasteiger partial charge in [-0.1, -0.05) is 18.2 Å². The zero-order valence-corrected chi connectivity index (χ0v) is 7.28. The van der Waals surface area contributed by atoms with Gasteiger partial charge in [-0.05, 0) is 24.6 Å². The Labute approximate surface area is 77.4 Å². The summed E-state index contributed by atoms with van der Waals surface area (Å²) in [6.45, 7) is 1.91. The highest BCUT2D eigenvalue weighted by molar-refractivity contribution is 5.56. The molecule has 0 fully saturated rings. The van der Waals surface area contributed by atoms with Gasteiger partial charge in [0.05, 0.1) is 11.1 Å². The fourth-order valence-corrected chi connectivity index (χ4v) is 1.05. The second-order valence-electron chi connectivity index (χ2n) is 2.53. The summed E-state index contributed by atoms with van der Waals surface area (Å²) in [6.07, 6.45) is 3.78. The molecule has 0 amide bonds. The lowest BCUT2D eigenvalue weighted by atomic mass is 10.1. The molecule has 0 saturated heterocycles. The van der Waals surface area contributed by atoms with E-state index >= 15 is 0 Å². The SMILES string of the molecule is C/C=C/c1ccc(C#N)c(C#N)c1. The number of benzene rings is 1. The molecule has 0 aromatic heterocycles. The zero-order valence-electron chi connectivity index (χ0n) is 7.28. The van der Waals surface area contributed by atoms with Crippen LogP contribution in [0.25, 0.3) is 6.08 Å². The summed E-state index contributed by atoms with van der Waals surface area (Å²) in [7, 11) is 0. The van der Waals surface area contributed by atoms with E-state index in [1.807, 2.05) is 37.3 Å². The maximum absolute atomic E-state index is 8.72. The van der Waals surface area contributed by atoms with Crippen molar-refractivity contribution in [1.82, 2.24) is 0 Å². The average Bonchev–Trinajstić information content (AvgIpc) is 2.18. The maximum atomic E-state index is 8.72. The van der Waals surface area contributed by atoms with E-state index in [9.17, 15) is 0 Å². The summed E-state index contributed by atoms with van der Waals surface area (Å²) in [5.41, 5.74) is 1.80. The average molecular weight is 168 g/mol. The Bertz CT molecular complexity index is 417. The number of nitrogens with zero attached hydrogens (tertiary/aromatic N) is 2. The van der Waals surface area contributed by atoms with E-state index in [1.54, 1.807) is 12.1 Å². The molecule has 2 nitrogen and oxygen atoms in total. The van der Waals surface area contributed by atoms with Gasteiger partial charge in [0.15, 0.2) is 0 Å². The summed E-state index contributed by atoms with van der Waals surface area (Å²) < 4.78 is 0. The quantitative estimate of drug-likeness (QED) is 0.646. The normalized spacial score (nSPS) is 9.46. The third kappa shape index (κ3) is 1.95. The Balaban J connectivity index is 3.25. The van der Waals surface area contributed by atoms with Crippen molar-refractivity contribution in [2.24, 2.45) is 0 Å². The minimum atomic E-state index is 0.427. The molecular formula is C11H8N2. The standard InChI is InChI=1S/C11H8N2/c1-2-3-9-4-5-10(7-12)11(6-9)8-13/h2-6H,1H3/b3-2+. The molecule has 0 saturated carbocycles. The fraction of sp³-hybridized carbons (Fsp3) is 0.0909. The third-order valence-corrected chi connectivity index (χ3v) is 1.64. The molecule has 1 rings (SSSR count). The summed E-state index contributed by atoms with van der Waals surface area (Å²) in [4.78, 5) is 0. The molecule has 0 heterocycles. The maximum Gasteiger partial charge on any atom is 0.101 e. The Morgan fingerprint density at radius 2 is 1.85 bits per heavy atom. The second-order valence-corrected chi connectivity index (χ2v) is 2.53. The summed E-state index contributed by atoms with van der Waals surface area (Å²) in [5, 5.41) is 17.4. The smallest absolute Gasteiger partial charge is 0.101 e. The number of rotatable bonds is 1. The lowest BCUT2D eigenvalue weighted by molar-refractivity contribution is 1.42. The molecule has 0 radical (unpaired) electrons. The van der Waals surface area contributed by atoms with Crippen molar-refractivity contribution in [3.05, 3.63) is 41.0 Å². The van der Waals surface area contributed by atoms with Crippen LogP contribution in [0.1, 0.15) is 23.6 Å². The highest BCUT2D eigenvalue weighted by Gasteiger charge is 1.99. The Morgan fingerprint density at radius 3 is 2.38 bits per heavy atom. The Hall–Kier alpha value is -2.06. The van der Waals surface area contributed by atoms with E-state index < -0.39 is 0 Å². The van der Waals surface area contributed by atoms with Gasteiger partial charge >= 0.3 is 0 Å². The number of hydrogen-bond donors (Lipinski definition) is 0. The van der Waals surface area contributed by atoms with Gasteiger partial charge in [0.1, 0.15) is 12.1 Å². The third-order valence-electron chi connectivity index (χ3n) is 1.64. The summed E-state index contributed by atoms with van der Waals surface area (Å²) in [6, 6.07) is 9.14. The van der Waals surface area contributed by atoms with E-state index in [-0.39, 0.29) is 0 Å². The van der Waals surface area contributed by atoms with Gasteiger partial charge in [-0.3, -0.25) is 0 Å². The molecule has 0 aliphatic rings. The van der Waals surface area contributed by atoms with Crippen molar-refractivity contribution < 1.29 is 0 Å². The van der Waals surface area contributed by atoms with E-state index in [0.717, 1.165) is 5.56 Å². The van der Waals surface area contributed by atoms with Crippen LogP contribution in [0.15, 0.2) is 24.3 Å². The van der Waals surface area contributed by atoms with Crippen LogP contribution in [-0.2, 0) is 0 Å². The molecule has 0 aliphatic heterocycles. The van der Waals surface area contributed by atoms with Gasteiger partial charge in [0, 0.05) is 0 Å². The molecule has 0 unspecified atom stereocenters. The highest BCUT2D eigenvalue weighted by Crippen LogP contribution is 2.11. The van der Waals surface area contributed by atoms with Crippen molar-refractivity contribution >= 4 is 6.08 Å². The van der Waals surface area contributed by atoms with Gasteiger partial charge < -0.3 is 0 Å². The van der Waals surface area contributed by atoms with Gasteiger partial charge in [0.2, 0.25) is 0 Å². The van der Waals surface area contributed by atoms with Crippen LogP contribution in [0.2, 0.25) is 0 Å². The molecule has 0 spiro atoms. The second kappa shape index (κ2) is 4.09. The minimum Gasteiger partial charge on any atom is -0.192 e. The predicted molar refractivity (Wildman–Crippen MR) is 50.6 cm³/mol. The van der Waals surface area contributed by atoms with Crippen LogP contribution >= 0.6 is 0 Å². The van der Waals surface area contributed by atoms with Crippen molar-refractivity contribution in [1.29, 1.82) is 10.5 Å². The van der Waals surface area contributed by atoms with Gasteiger partial charge in [0.25, 0.3) is 0 Å². The molecule has 13 heavy (non-hydrogen) atoms. The minimum absolute atomic E-state index is 0.427. The summed E-state index contributed by atoms with van der Waals surface area (Å²) in [5.74, 6) is 0. The summed E-state index contributed by atoms with van der Waals surface area (Å²) >= 11 is 0. The zero-order chi connectivity index (χ0) is 9.68. The van der Waals surface area contributed by atoms with E-state index in [0.29, 0.717) is 11.1 Å². The van der Waals surface area contributed by atoms with Crippen molar-refractivity contribution in [2.45, 2.75) is 6.92 Å². The molecule has 0 aliphatic carbocycles. The van der Waals surface area contributed by atoms with Crippen LogP contribution in [-0.4, -0.2) is 0 Å². The first-order chi connectivity index (χ1) is 6.31.